The third-order valence-electron chi connectivity index (χ3n) is 4.81. The van der Waals surface area contributed by atoms with Crippen LogP contribution in [0.4, 0.5) is 11.4 Å². The first-order valence-electron chi connectivity index (χ1n) is 9.50. The van der Waals surface area contributed by atoms with Crippen LogP contribution in [0.5, 0.6) is 0 Å². The lowest BCUT2D eigenvalue weighted by Crippen LogP contribution is -2.43. The van der Waals surface area contributed by atoms with Crippen LogP contribution in [0.2, 0.25) is 0 Å². The summed E-state index contributed by atoms with van der Waals surface area (Å²) in [5, 5.41) is 11.6. The van der Waals surface area contributed by atoms with E-state index in [1.807, 2.05) is 35.3 Å². The number of esters is 1. The fraction of sp³-hybridized carbons (Fsp3) is 0.286. The third-order valence-corrected chi connectivity index (χ3v) is 4.81. The summed E-state index contributed by atoms with van der Waals surface area (Å²) in [5.74, 6) is -0.415. The highest BCUT2D eigenvalue weighted by Crippen LogP contribution is 2.31. The number of nitrogens with one attached hydrogen (secondary N) is 1. The molecule has 0 saturated carbocycles. The normalized spacial score (nSPS) is 14.8. The van der Waals surface area contributed by atoms with E-state index in [4.69, 9.17) is 4.74 Å². The van der Waals surface area contributed by atoms with Crippen molar-refractivity contribution in [1.82, 2.24) is 9.99 Å². The second kappa shape index (κ2) is 8.12. The number of piperazine rings is 1. The minimum absolute atomic E-state index is 0.312. The predicted molar refractivity (Wildman–Crippen MR) is 109 cm³/mol. The average Bonchev–Trinajstić information content (AvgIpc) is 3.12. The number of rotatable bonds is 5. The summed E-state index contributed by atoms with van der Waals surface area (Å²) >= 11 is 0. The van der Waals surface area contributed by atoms with Gasteiger partial charge >= 0.3 is 5.97 Å². The van der Waals surface area contributed by atoms with Crippen LogP contribution in [0, 0.1) is 0 Å². The topological polar surface area (TPSA) is 73.3 Å². The molecule has 1 fully saturated rings. The second-order valence-corrected chi connectivity index (χ2v) is 6.58. The van der Waals surface area contributed by atoms with E-state index in [0.29, 0.717) is 18.0 Å². The summed E-state index contributed by atoms with van der Waals surface area (Å²) in [6, 6.07) is 18.0. The number of benzene rings is 2. The van der Waals surface area contributed by atoms with Crippen molar-refractivity contribution in [3.05, 3.63) is 60.3 Å². The number of fused-ring (bicyclic) bond motifs is 1. The molecule has 3 aromatic rings. The number of carbonyl (C=O) groups is 1. The first-order valence-corrected chi connectivity index (χ1v) is 9.50. The Balaban J connectivity index is 1.51. The van der Waals surface area contributed by atoms with Crippen molar-refractivity contribution < 1.29 is 9.53 Å². The Bertz CT molecular complexity index is 975. The van der Waals surface area contributed by atoms with Gasteiger partial charge in [0.25, 0.3) is 0 Å². The van der Waals surface area contributed by atoms with E-state index in [0.717, 1.165) is 37.1 Å². The van der Waals surface area contributed by atoms with Gasteiger partial charge in [-0.15, -0.1) is 5.11 Å². The number of hydrogen-bond donors (Lipinski definition) is 1. The van der Waals surface area contributed by atoms with Crippen LogP contribution in [-0.4, -0.2) is 48.7 Å². The van der Waals surface area contributed by atoms with Crippen molar-refractivity contribution in [1.29, 1.82) is 0 Å². The van der Waals surface area contributed by atoms with Gasteiger partial charge in [0.15, 0.2) is 5.69 Å². The standard InChI is InChI=1S/C21H23N5O2/c1-2-28-21(27)20-19(17-10-6-7-11-18(17)22-20)23-24-26-14-12-25(13-15-26)16-8-4-3-5-9-16/h3-11,22H,2,12-15H2,1H3. The molecular weight excluding hydrogens is 354 g/mol. The van der Waals surface area contributed by atoms with Gasteiger partial charge in [-0.05, 0) is 25.1 Å². The summed E-state index contributed by atoms with van der Waals surface area (Å²) < 4.78 is 5.16. The number of anilines is 1. The van der Waals surface area contributed by atoms with Crippen molar-refractivity contribution in [3.63, 3.8) is 0 Å². The van der Waals surface area contributed by atoms with E-state index in [2.05, 4.69) is 44.5 Å². The molecule has 4 rings (SSSR count). The SMILES string of the molecule is CCOC(=O)c1[nH]c2ccccc2c1N=NN1CCN(c2ccccc2)CC1. The molecule has 7 heteroatoms. The van der Waals surface area contributed by atoms with Gasteiger partial charge in [0.1, 0.15) is 5.69 Å². The zero-order valence-electron chi connectivity index (χ0n) is 15.8. The van der Waals surface area contributed by atoms with Crippen molar-refractivity contribution in [2.45, 2.75) is 6.92 Å². The third kappa shape index (κ3) is 3.69. The van der Waals surface area contributed by atoms with E-state index in [1.165, 1.54) is 5.69 Å². The quantitative estimate of drug-likeness (QED) is 0.535. The minimum Gasteiger partial charge on any atom is -0.461 e. The van der Waals surface area contributed by atoms with Crippen molar-refractivity contribution in [2.24, 2.45) is 10.3 Å². The molecule has 1 N–H and O–H groups in total. The Kier molecular flexibility index (Phi) is 5.23. The maximum atomic E-state index is 12.3. The van der Waals surface area contributed by atoms with Crippen LogP contribution in [0.15, 0.2) is 64.9 Å². The Morgan fingerprint density at radius 3 is 2.50 bits per heavy atom. The molecule has 0 bridgehead atoms. The van der Waals surface area contributed by atoms with Crippen molar-refractivity contribution in [2.75, 3.05) is 37.7 Å². The second-order valence-electron chi connectivity index (χ2n) is 6.58. The van der Waals surface area contributed by atoms with Gasteiger partial charge in [-0.1, -0.05) is 41.6 Å². The molecule has 0 radical (unpaired) electrons. The fourth-order valence-electron chi connectivity index (χ4n) is 3.37. The maximum Gasteiger partial charge on any atom is 0.357 e. The highest BCUT2D eigenvalue weighted by atomic mass is 16.5. The molecule has 1 aromatic heterocycles. The molecule has 1 aliphatic heterocycles. The number of aromatic nitrogens is 1. The predicted octanol–water partition coefficient (Wildman–Crippen LogP) is 4.17. The van der Waals surface area contributed by atoms with Gasteiger partial charge in [0, 0.05) is 29.7 Å². The molecule has 0 amide bonds. The monoisotopic (exact) mass is 377 g/mol. The molecular formula is C21H23N5O2. The number of aromatic amines is 1. The number of nitrogens with zero attached hydrogens (tertiary/aromatic N) is 4. The van der Waals surface area contributed by atoms with Crippen LogP contribution in [0.3, 0.4) is 0 Å². The maximum absolute atomic E-state index is 12.3. The van der Waals surface area contributed by atoms with Gasteiger partial charge in [-0.3, -0.25) is 5.01 Å². The summed E-state index contributed by atoms with van der Waals surface area (Å²) in [6.45, 7) is 5.40. The van der Waals surface area contributed by atoms with Crippen LogP contribution < -0.4 is 4.90 Å². The average molecular weight is 377 g/mol. The van der Waals surface area contributed by atoms with Gasteiger partial charge in [-0.25, -0.2) is 4.79 Å². The van der Waals surface area contributed by atoms with E-state index in [1.54, 1.807) is 6.92 Å². The van der Waals surface area contributed by atoms with E-state index in [9.17, 15) is 4.79 Å². The lowest BCUT2D eigenvalue weighted by Gasteiger charge is -2.33. The van der Waals surface area contributed by atoms with Gasteiger partial charge in [0.2, 0.25) is 0 Å². The van der Waals surface area contributed by atoms with Crippen molar-refractivity contribution in [3.8, 4) is 0 Å². The van der Waals surface area contributed by atoms with E-state index < -0.39 is 5.97 Å². The molecule has 2 heterocycles. The lowest BCUT2D eigenvalue weighted by molar-refractivity contribution is 0.0521. The summed E-state index contributed by atoms with van der Waals surface area (Å²) in [6.07, 6.45) is 0. The van der Waals surface area contributed by atoms with Crippen LogP contribution in [-0.2, 0) is 4.74 Å². The zero-order chi connectivity index (χ0) is 19.3. The smallest absolute Gasteiger partial charge is 0.357 e. The van der Waals surface area contributed by atoms with Crippen LogP contribution >= 0.6 is 0 Å². The van der Waals surface area contributed by atoms with Crippen LogP contribution in [0.1, 0.15) is 17.4 Å². The first-order chi connectivity index (χ1) is 13.8. The lowest BCUT2D eigenvalue weighted by atomic mass is 10.2. The molecule has 1 saturated heterocycles. The molecule has 28 heavy (non-hydrogen) atoms. The summed E-state index contributed by atoms with van der Waals surface area (Å²) in [4.78, 5) is 17.8. The Morgan fingerprint density at radius 2 is 1.75 bits per heavy atom. The fourth-order valence-corrected chi connectivity index (χ4v) is 3.37. The summed E-state index contributed by atoms with van der Waals surface area (Å²) in [5.41, 5.74) is 2.93. The Morgan fingerprint density at radius 1 is 1.04 bits per heavy atom. The highest BCUT2D eigenvalue weighted by molar-refractivity contribution is 6.04. The molecule has 0 aliphatic carbocycles. The molecule has 2 aromatic carbocycles. The number of carbonyl (C=O) groups excluding carboxylic acids is 1. The largest absolute Gasteiger partial charge is 0.461 e. The number of H-pyrrole nitrogens is 1. The Hall–Kier alpha value is -3.35. The zero-order valence-corrected chi connectivity index (χ0v) is 15.8. The minimum atomic E-state index is -0.415. The molecule has 144 valence electrons. The molecule has 0 atom stereocenters. The number of para-hydroxylation sites is 2. The molecule has 1 aliphatic rings. The van der Waals surface area contributed by atoms with Gasteiger partial charge in [-0.2, -0.15) is 0 Å². The molecule has 7 nitrogen and oxygen atoms in total. The van der Waals surface area contributed by atoms with Crippen LogP contribution in [0.25, 0.3) is 10.9 Å². The van der Waals surface area contributed by atoms with Gasteiger partial charge < -0.3 is 14.6 Å². The van der Waals surface area contributed by atoms with Gasteiger partial charge in [0.05, 0.1) is 19.7 Å². The first kappa shape index (κ1) is 18.0. The summed E-state index contributed by atoms with van der Waals surface area (Å²) in [7, 11) is 0. The molecule has 0 spiro atoms. The Labute approximate surface area is 163 Å². The number of ether oxygens (including phenoxy) is 1. The number of hydrogen-bond acceptors (Lipinski definition) is 5. The van der Waals surface area contributed by atoms with E-state index in [-0.39, 0.29) is 0 Å². The molecule has 0 unspecified atom stereocenters. The van der Waals surface area contributed by atoms with Crippen molar-refractivity contribution >= 4 is 28.2 Å². The van der Waals surface area contributed by atoms with E-state index >= 15 is 0 Å². The highest BCUT2D eigenvalue weighted by Gasteiger charge is 2.20.